The fourth-order valence-electron chi connectivity index (χ4n) is 3.12. The Morgan fingerprint density at radius 3 is 1.76 bits per heavy atom. The molecule has 0 bridgehead atoms. The number of carbonyl (C=O) groups is 2. The molecule has 3 nitrogen and oxygen atoms in total. The predicted molar refractivity (Wildman–Crippen MR) is 85.2 cm³/mol. The van der Waals surface area contributed by atoms with Crippen molar-refractivity contribution in [3.05, 3.63) is 30.3 Å². The number of anilines is 1. The third kappa shape index (κ3) is 2.76. The summed E-state index contributed by atoms with van der Waals surface area (Å²) < 4.78 is 0. The zero-order valence-corrected chi connectivity index (χ0v) is 13.4. The van der Waals surface area contributed by atoms with Crippen molar-refractivity contribution in [1.82, 2.24) is 0 Å². The molecule has 1 aromatic rings. The Kier molecular flexibility index (Phi) is 3.77. The molecule has 0 N–H and O–H groups in total. The number of para-hydroxylation sites is 1. The van der Waals surface area contributed by atoms with Gasteiger partial charge >= 0.3 is 0 Å². The number of hydrogen-bond acceptors (Lipinski definition) is 2. The molecule has 2 radical (unpaired) electrons. The van der Waals surface area contributed by atoms with E-state index in [4.69, 9.17) is 7.85 Å². The first-order valence-corrected chi connectivity index (χ1v) is 7.27. The first-order chi connectivity index (χ1) is 9.55. The van der Waals surface area contributed by atoms with Crippen LogP contribution in [0.1, 0.15) is 34.6 Å². The van der Waals surface area contributed by atoms with Crippen molar-refractivity contribution < 1.29 is 9.59 Å². The van der Waals surface area contributed by atoms with Gasteiger partial charge < -0.3 is 0 Å². The highest BCUT2D eigenvalue weighted by Gasteiger charge is 2.56. The SMILES string of the molecule is [B]C(C)(C)C1C(=O)N(c2ccccc2)C(=O)C1C(C)(C)C. The Morgan fingerprint density at radius 1 is 0.905 bits per heavy atom. The molecule has 110 valence electrons. The van der Waals surface area contributed by atoms with Crippen LogP contribution in [0.3, 0.4) is 0 Å². The number of rotatable bonds is 2. The molecule has 2 rings (SSSR count). The Balaban J connectivity index is 2.53. The van der Waals surface area contributed by atoms with E-state index in [2.05, 4.69) is 0 Å². The summed E-state index contributed by atoms with van der Waals surface area (Å²) in [7, 11) is 6.22. The van der Waals surface area contributed by atoms with Gasteiger partial charge in [0.2, 0.25) is 11.8 Å². The van der Waals surface area contributed by atoms with Gasteiger partial charge in [0.1, 0.15) is 0 Å². The Bertz CT molecular complexity index is 522. The summed E-state index contributed by atoms with van der Waals surface area (Å²) in [6.07, 6.45) is 0. The van der Waals surface area contributed by atoms with Gasteiger partial charge in [-0.2, -0.15) is 0 Å². The van der Waals surface area contributed by atoms with E-state index in [1.54, 1.807) is 12.1 Å². The van der Waals surface area contributed by atoms with Crippen molar-refractivity contribution >= 4 is 25.3 Å². The van der Waals surface area contributed by atoms with Gasteiger partial charge in [-0.05, 0) is 17.5 Å². The second-order valence-corrected chi connectivity index (χ2v) is 7.49. The maximum Gasteiger partial charge on any atom is 0.238 e. The molecule has 2 atom stereocenters. The number of amides is 2. The highest BCUT2D eigenvalue weighted by Crippen LogP contribution is 2.50. The maximum absolute atomic E-state index is 12.9. The molecule has 21 heavy (non-hydrogen) atoms. The summed E-state index contributed by atoms with van der Waals surface area (Å²) in [5.74, 6) is -1.27. The molecule has 1 aliphatic heterocycles. The normalized spacial score (nSPS) is 23.8. The molecule has 2 unspecified atom stereocenters. The van der Waals surface area contributed by atoms with Gasteiger partial charge in [0.25, 0.3) is 0 Å². The lowest BCUT2D eigenvalue weighted by Crippen LogP contribution is -2.36. The molecule has 1 aliphatic rings. The van der Waals surface area contributed by atoms with Gasteiger partial charge in [0.15, 0.2) is 0 Å². The number of benzene rings is 1. The van der Waals surface area contributed by atoms with Gasteiger partial charge in [0.05, 0.1) is 19.5 Å². The first-order valence-electron chi connectivity index (χ1n) is 7.27. The van der Waals surface area contributed by atoms with Crippen molar-refractivity contribution in [3.8, 4) is 0 Å². The average molecular weight is 283 g/mol. The molecule has 0 aliphatic carbocycles. The minimum Gasteiger partial charge on any atom is -0.274 e. The predicted octanol–water partition coefficient (Wildman–Crippen LogP) is 3.21. The molecule has 0 aromatic heterocycles. The molecule has 4 heteroatoms. The summed E-state index contributed by atoms with van der Waals surface area (Å²) in [4.78, 5) is 27.0. The van der Waals surface area contributed by atoms with E-state index in [-0.39, 0.29) is 17.2 Å². The third-order valence-corrected chi connectivity index (χ3v) is 4.06. The molecule has 2 amide bonds. The first kappa shape index (κ1) is 15.8. The molecular formula is C17H22BNO2. The molecule has 1 fully saturated rings. The number of hydrogen-bond donors (Lipinski definition) is 0. The van der Waals surface area contributed by atoms with E-state index >= 15 is 0 Å². The second kappa shape index (κ2) is 5.01. The second-order valence-electron chi connectivity index (χ2n) is 7.49. The number of imide groups is 1. The van der Waals surface area contributed by atoms with E-state index in [0.717, 1.165) is 0 Å². The van der Waals surface area contributed by atoms with E-state index in [1.165, 1.54) is 4.90 Å². The Hall–Kier alpha value is -1.58. The summed E-state index contributed by atoms with van der Waals surface area (Å²) in [6.45, 7) is 9.58. The molecule has 0 spiro atoms. The lowest BCUT2D eigenvalue weighted by Gasteiger charge is -2.35. The van der Waals surface area contributed by atoms with Crippen molar-refractivity contribution in [1.29, 1.82) is 0 Å². The molecule has 1 aromatic carbocycles. The fourth-order valence-corrected chi connectivity index (χ4v) is 3.12. The van der Waals surface area contributed by atoms with Gasteiger partial charge in [-0.15, -0.1) is 0 Å². The van der Waals surface area contributed by atoms with E-state index in [0.29, 0.717) is 5.69 Å². The van der Waals surface area contributed by atoms with Crippen molar-refractivity contribution in [2.24, 2.45) is 17.3 Å². The maximum atomic E-state index is 12.9. The van der Waals surface area contributed by atoms with Gasteiger partial charge in [-0.3, -0.25) is 14.5 Å². The van der Waals surface area contributed by atoms with Crippen LogP contribution in [0.25, 0.3) is 0 Å². The number of nitrogens with zero attached hydrogens (tertiary/aromatic N) is 1. The molecule has 1 saturated heterocycles. The van der Waals surface area contributed by atoms with Crippen LogP contribution in [0.2, 0.25) is 5.31 Å². The van der Waals surface area contributed by atoms with E-state index < -0.39 is 17.2 Å². The zero-order chi connectivity index (χ0) is 16.0. The van der Waals surface area contributed by atoms with Gasteiger partial charge in [-0.25, -0.2) is 0 Å². The van der Waals surface area contributed by atoms with Crippen LogP contribution < -0.4 is 4.90 Å². The molecule has 0 saturated carbocycles. The van der Waals surface area contributed by atoms with E-state index in [9.17, 15) is 9.59 Å². The van der Waals surface area contributed by atoms with Gasteiger partial charge in [-0.1, -0.05) is 58.1 Å². The van der Waals surface area contributed by atoms with Crippen LogP contribution in [0.15, 0.2) is 30.3 Å². The van der Waals surface area contributed by atoms with Crippen molar-refractivity contribution in [3.63, 3.8) is 0 Å². The third-order valence-electron chi connectivity index (χ3n) is 4.06. The minimum absolute atomic E-state index is 0.151. The summed E-state index contributed by atoms with van der Waals surface area (Å²) in [5, 5.41) is -0.742. The van der Waals surface area contributed by atoms with Gasteiger partial charge in [0, 0.05) is 5.92 Å². The Labute approximate surface area is 128 Å². The lowest BCUT2D eigenvalue weighted by molar-refractivity contribution is -0.124. The smallest absolute Gasteiger partial charge is 0.238 e. The van der Waals surface area contributed by atoms with Crippen LogP contribution in [0, 0.1) is 17.3 Å². The largest absolute Gasteiger partial charge is 0.274 e. The summed E-state index contributed by atoms with van der Waals surface area (Å²) >= 11 is 0. The summed E-state index contributed by atoms with van der Waals surface area (Å²) in [6, 6.07) is 9.06. The van der Waals surface area contributed by atoms with E-state index in [1.807, 2.05) is 52.8 Å². The highest BCUT2D eigenvalue weighted by molar-refractivity contribution is 6.26. The lowest BCUT2D eigenvalue weighted by atomic mass is 9.56. The van der Waals surface area contributed by atoms with Crippen LogP contribution >= 0.6 is 0 Å². The highest BCUT2D eigenvalue weighted by atomic mass is 16.2. The molecular weight excluding hydrogens is 261 g/mol. The van der Waals surface area contributed by atoms with Crippen molar-refractivity contribution in [2.45, 2.75) is 39.9 Å². The Morgan fingerprint density at radius 2 is 1.38 bits per heavy atom. The fraction of sp³-hybridized carbons (Fsp3) is 0.529. The zero-order valence-electron chi connectivity index (χ0n) is 13.4. The summed E-state index contributed by atoms with van der Waals surface area (Å²) in [5.41, 5.74) is 0.297. The van der Waals surface area contributed by atoms with Crippen LogP contribution in [0.5, 0.6) is 0 Å². The minimum atomic E-state index is -0.742. The van der Waals surface area contributed by atoms with Crippen LogP contribution in [-0.2, 0) is 9.59 Å². The monoisotopic (exact) mass is 283 g/mol. The van der Waals surface area contributed by atoms with Crippen molar-refractivity contribution in [2.75, 3.05) is 4.90 Å². The topological polar surface area (TPSA) is 37.4 Å². The quantitative estimate of drug-likeness (QED) is 0.617. The average Bonchev–Trinajstić information content (AvgIpc) is 2.61. The van der Waals surface area contributed by atoms with Crippen LogP contribution in [0.4, 0.5) is 5.69 Å². The number of carbonyl (C=O) groups excluding carboxylic acids is 2. The van der Waals surface area contributed by atoms with Crippen LogP contribution in [-0.4, -0.2) is 19.7 Å². The standard InChI is InChI=1S/C17H22BNO2/c1-16(2,3)12-13(17(4,5)18)15(21)19(14(12)20)11-9-7-6-8-10-11/h6-10,12-13H,1-5H3. The molecule has 1 heterocycles.